The summed E-state index contributed by atoms with van der Waals surface area (Å²) in [6.07, 6.45) is -0.654. The lowest BCUT2D eigenvalue weighted by molar-refractivity contribution is 0.157. The number of nitrogens with zero attached hydrogens (tertiary/aromatic N) is 4. The van der Waals surface area contributed by atoms with Gasteiger partial charge in [0.25, 0.3) is 0 Å². The van der Waals surface area contributed by atoms with Crippen molar-refractivity contribution >= 4 is 26.7 Å². The molecule has 0 amide bonds. The van der Waals surface area contributed by atoms with Crippen LogP contribution in [-0.2, 0) is 10.0 Å². The van der Waals surface area contributed by atoms with Gasteiger partial charge in [-0.25, -0.2) is 17.7 Å². The van der Waals surface area contributed by atoms with Gasteiger partial charge in [0.1, 0.15) is 5.82 Å². The fourth-order valence-corrected chi connectivity index (χ4v) is 3.87. The van der Waals surface area contributed by atoms with E-state index >= 15 is 0 Å². The quantitative estimate of drug-likeness (QED) is 0.810. The fraction of sp³-hybridized carbons (Fsp3) is 0.800. The van der Waals surface area contributed by atoms with Gasteiger partial charge >= 0.3 is 0 Å². The summed E-state index contributed by atoms with van der Waals surface area (Å²) in [7, 11) is -0.296. The molecule has 1 fully saturated rings. The van der Waals surface area contributed by atoms with E-state index in [0.29, 0.717) is 18.9 Å². The van der Waals surface area contributed by atoms with Crippen molar-refractivity contribution in [2.24, 2.45) is 5.92 Å². The average Bonchev–Trinajstić information content (AvgIpc) is 2.86. The first kappa shape index (κ1) is 14.6. The van der Waals surface area contributed by atoms with Crippen molar-refractivity contribution in [1.29, 1.82) is 0 Å². The van der Waals surface area contributed by atoms with Crippen LogP contribution in [0.4, 0.5) is 5.13 Å². The lowest BCUT2D eigenvalue weighted by Crippen LogP contribution is -2.33. The topological polar surface area (TPSA) is 86.6 Å². The van der Waals surface area contributed by atoms with E-state index < -0.39 is 16.1 Å². The molecule has 19 heavy (non-hydrogen) atoms. The highest BCUT2D eigenvalue weighted by molar-refractivity contribution is 7.89. The standard InChI is InChI=1S/C10H18N4O3S2/c1-7-11-10(18-12-7)14-4-8(9(15)5-14)6-19(16,17)13(2)3/h8-9,15H,4-6H2,1-3H3/t8-,9+/m0/s1. The van der Waals surface area contributed by atoms with E-state index in [9.17, 15) is 13.5 Å². The summed E-state index contributed by atoms with van der Waals surface area (Å²) in [6, 6.07) is 0. The van der Waals surface area contributed by atoms with Gasteiger partial charge in [-0.1, -0.05) is 0 Å². The number of aryl methyl sites for hydroxylation is 1. The van der Waals surface area contributed by atoms with Crippen molar-refractivity contribution in [1.82, 2.24) is 13.7 Å². The zero-order valence-corrected chi connectivity index (χ0v) is 12.8. The zero-order valence-electron chi connectivity index (χ0n) is 11.1. The van der Waals surface area contributed by atoms with E-state index in [-0.39, 0.29) is 11.7 Å². The van der Waals surface area contributed by atoms with E-state index in [0.717, 1.165) is 5.13 Å². The van der Waals surface area contributed by atoms with Crippen LogP contribution in [0, 0.1) is 12.8 Å². The first-order chi connectivity index (χ1) is 8.79. The van der Waals surface area contributed by atoms with Crippen LogP contribution >= 0.6 is 11.5 Å². The van der Waals surface area contributed by atoms with Crippen molar-refractivity contribution in [2.45, 2.75) is 13.0 Å². The molecule has 1 aromatic rings. The first-order valence-corrected chi connectivity index (χ1v) is 8.31. The maximum atomic E-state index is 11.9. The Balaban J connectivity index is 2.06. The summed E-state index contributed by atoms with van der Waals surface area (Å²) in [4.78, 5) is 6.15. The number of sulfonamides is 1. The van der Waals surface area contributed by atoms with Crippen LogP contribution in [0.15, 0.2) is 0 Å². The van der Waals surface area contributed by atoms with E-state index in [1.54, 1.807) is 6.92 Å². The van der Waals surface area contributed by atoms with Crippen molar-refractivity contribution in [3.8, 4) is 0 Å². The van der Waals surface area contributed by atoms with Crippen LogP contribution in [0.3, 0.4) is 0 Å². The highest BCUT2D eigenvalue weighted by Crippen LogP contribution is 2.26. The second-order valence-electron chi connectivity index (χ2n) is 4.92. The Labute approximate surface area is 117 Å². The maximum Gasteiger partial charge on any atom is 0.214 e. The monoisotopic (exact) mass is 306 g/mol. The molecule has 1 aromatic heterocycles. The summed E-state index contributed by atoms with van der Waals surface area (Å²) < 4.78 is 29.0. The van der Waals surface area contributed by atoms with Gasteiger partial charge < -0.3 is 10.0 Å². The van der Waals surface area contributed by atoms with Gasteiger partial charge in [0.05, 0.1) is 11.9 Å². The van der Waals surface area contributed by atoms with Gasteiger partial charge in [-0.05, 0) is 6.92 Å². The molecule has 0 unspecified atom stereocenters. The molecular weight excluding hydrogens is 288 g/mol. The first-order valence-electron chi connectivity index (χ1n) is 5.93. The molecule has 9 heteroatoms. The Bertz CT molecular complexity index is 543. The number of aliphatic hydroxyl groups excluding tert-OH is 1. The minimum Gasteiger partial charge on any atom is -0.391 e. The second kappa shape index (κ2) is 5.31. The summed E-state index contributed by atoms with van der Waals surface area (Å²) in [5, 5.41) is 10.7. The molecule has 7 nitrogen and oxygen atoms in total. The fourth-order valence-electron chi connectivity index (χ4n) is 2.01. The average molecular weight is 306 g/mol. The number of rotatable bonds is 4. The van der Waals surface area contributed by atoms with E-state index in [1.807, 2.05) is 4.90 Å². The number of anilines is 1. The normalized spacial score (nSPS) is 24.4. The number of hydrogen-bond donors (Lipinski definition) is 1. The molecule has 0 aliphatic carbocycles. The molecule has 1 saturated heterocycles. The molecule has 0 aromatic carbocycles. The molecule has 2 heterocycles. The van der Waals surface area contributed by atoms with Gasteiger partial charge in [-0.15, -0.1) is 0 Å². The third-order valence-electron chi connectivity index (χ3n) is 3.17. The molecule has 0 radical (unpaired) electrons. The number of hydrogen-bond acceptors (Lipinski definition) is 7. The summed E-state index contributed by atoms with van der Waals surface area (Å²) in [5.41, 5.74) is 0. The maximum absolute atomic E-state index is 11.9. The molecular formula is C10H18N4O3S2. The van der Waals surface area contributed by atoms with Crippen LogP contribution in [-0.4, -0.2) is 66.2 Å². The molecule has 0 saturated carbocycles. The van der Waals surface area contributed by atoms with Gasteiger partial charge in [0.2, 0.25) is 15.2 Å². The SMILES string of the molecule is Cc1nsc(N2C[C@@H](CS(=O)(=O)N(C)C)[C@H](O)C2)n1. The lowest BCUT2D eigenvalue weighted by atomic mass is 10.1. The molecule has 2 rings (SSSR count). The third kappa shape index (κ3) is 3.22. The smallest absolute Gasteiger partial charge is 0.214 e. The summed E-state index contributed by atoms with van der Waals surface area (Å²) in [5.74, 6) is 0.352. The van der Waals surface area contributed by atoms with E-state index in [2.05, 4.69) is 9.36 Å². The van der Waals surface area contributed by atoms with Crippen molar-refractivity contribution in [2.75, 3.05) is 37.8 Å². The van der Waals surface area contributed by atoms with Crippen LogP contribution < -0.4 is 4.90 Å². The molecule has 1 aliphatic heterocycles. The molecule has 1 aliphatic rings. The van der Waals surface area contributed by atoms with Crippen molar-refractivity contribution in [3.63, 3.8) is 0 Å². The van der Waals surface area contributed by atoms with Crippen molar-refractivity contribution < 1.29 is 13.5 Å². The van der Waals surface area contributed by atoms with Gasteiger partial charge in [0, 0.05) is 44.6 Å². The zero-order chi connectivity index (χ0) is 14.2. The predicted octanol–water partition coefficient (Wildman–Crippen LogP) is -0.465. The minimum absolute atomic E-state index is 0.0462. The molecule has 108 valence electrons. The van der Waals surface area contributed by atoms with Gasteiger partial charge in [-0.2, -0.15) is 4.37 Å². The molecule has 0 spiro atoms. The van der Waals surface area contributed by atoms with Gasteiger partial charge in [0.15, 0.2) is 0 Å². The Morgan fingerprint density at radius 1 is 1.47 bits per heavy atom. The summed E-state index contributed by atoms with van der Waals surface area (Å²) in [6.45, 7) is 2.70. The van der Waals surface area contributed by atoms with Crippen LogP contribution in [0.2, 0.25) is 0 Å². The Morgan fingerprint density at radius 3 is 2.68 bits per heavy atom. The Morgan fingerprint density at radius 2 is 2.16 bits per heavy atom. The number of aromatic nitrogens is 2. The molecule has 2 atom stereocenters. The second-order valence-corrected chi connectivity index (χ2v) is 7.88. The largest absolute Gasteiger partial charge is 0.391 e. The van der Waals surface area contributed by atoms with E-state index in [1.165, 1.54) is 29.9 Å². The van der Waals surface area contributed by atoms with Crippen molar-refractivity contribution in [3.05, 3.63) is 5.82 Å². The third-order valence-corrected chi connectivity index (χ3v) is 6.01. The minimum atomic E-state index is -3.30. The van der Waals surface area contributed by atoms with E-state index in [4.69, 9.17) is 0 Å². The van der Waals surface area contributed by atoms with Gasteiger partial charge in [-0.3, -0.25) is 0 Å². The summed E-state index contributed by atoms with van der Waals surface area (Å²) >= 11 is 1.27. The highest BCUT2D eigenvalue weighted by Gasteiger charge is 2.36. The lowest BCUT2D eigenvalue weighted by Gasteiger charge is -2.17. The van der Waals surface area contributed by atoms with Crippen LogP contribution in [0.5, 0.6) is 0 Å². The predicted molar refractivity (Wildman–Crippen MR) is 73.8 cm³/mol. The van der Waals surface area contributed by atoms with Crippen LogP contribution in [0.25, 0.3) is 0 Å². The molecule has 0 bridgehead atoms. The number of aliphatic hydroxyl groups is 1. The van der Waals surface area contributed by atoms with Crippen LogP contribution in [0.1, 0.15) is 5.82 Å². The molecule has 1 N–H and O–H groups in total. The Kier molecular flexibility index (Phi) is 4.09. The number of β-amino-alcohol motifs (C(OH)–C–C–N with tert-alkyl or cyclic N) is 1. The highest BCUT2D eigenvalue weighted by atomic mass is 32.2. The Hall–Kier alpha value is -0.770.